The molecule has 40 heavy (non-hydrogen) atoms. The molecule has 0 N–H and O–H groups in total. The highest BCUT2D eigenvalue weighted by molar-refractivity contribution is 5.77. The summed E-state index contributed by atoms with van der Waals surface area (Å²) in [4.78, 5) is 14.9. The molecule has 0 aromatic heterocycles. The number of methoxy groups -OCH3 is 2. The van der Waals surface area contributed by atoms with Crippen molar-refractivity contribution in [1.82, 2.24) is 4.90 Å². The van der Waals surface area contributed by atoms with E-state index < -0.39 is 5.60 Å². The van der Waals surface area contributed by atoms with Gasteiger partial charge in [-0.05, 0) is 30.7 Å². The van der Waals surface area contributed by atoms with E-state index in [1.807, 2.05) is 48.5 Å². The van der Waals surface area contributed by atoms with E-state index in [9.17, 15) is 4.79 Å². The predicted octanol–water partition coefficient (Wildman–Crippen LogP) is 3.61. The standard InChI is InChI=1S/C30H43NO9/c1-4-13-30(40-22-29(32)31(14-16-33-2)15-17-34-3)23-38-27-11-7-5-9-25(27)36-20-18-35-19-21-37-26-10-6-8-12-28(26)39-24-30/h5-12H,4,13-24H2,1-3H3. The summed E-state index contributed by atoms with van der Waals surface area (Å²) < 4.78 is 46.9. The number of carbonyl (C=O) groups is 1. The second-order valence-corrected chi connectivity index (χ2v) is 9.37. The maximum atomic E-state index is 13.2. The topological polar surface area (TPSA) is 94.2 Å². The number of rotatable bonds is 11. The van der Waals surface area contributed by atoms with Crippen molar-refractivity contribution in [2.24, 2.45) is 0 Å². The molecule has 0 saturated carbocycles. The summed E-state index contributed by atoms with van der Waals surface area (Å²) in [5, 5.41) is 0. The fraction of sp³-hybridized carbons (Fsp3) is 0.567. The van der Waals surface area contributed by atoms with Crippen molar-refractivity contribution in [2.75, 3.05) is 86.8 Å². The molecule has 10 heteroatoms. The second-order valence-electron chi connectivity index (χ2n) is 9.37. The smallest absolute Gasteiger partial charge is 0.248 e. The van der Waals surface area contributed by atoms with Gasteiger partial charge in [0.05, 0.1) is 26.4 Å². The van der Waals surface area contributed by atoms with Gasteiger partial charge in [0.15, 0.2) is 23.0 Å². The number of benzene rings is 2. The maximum absolute atomic E-state index is 13.2. The Morgan fingerprint density at radius 3 is 1.70 bits per heavy atom. The normalized spacial score (nSPS) is 15.8. The lowest BCUT2D eigenvalue weighted by Gasteiger charge is -2.34. The van der Waals surface area contributed by atoms with E-state index in [4.69, 9.17) is 37.9 Å². The van der Waals surface area contributed by atoms with Gasteiger partial charge in [-0.3, -0.25) is 4.79 Å². The second kappa shape index (κ2) is 17.6. The minimum absolute atomic E-state index is 0.143. The van der Waals surface area contributed by atoms with Gasteiger partial charge in [0.1, 0.15) is 38.6 Å². The number of fused-ring (bicyclic) bond motifs is 2. The average Bonchev–Trinajstić information content (AvgIpc) is 2.98. The summed E-state index contributed by atoms with van der Waals surface area (Å²) in [6.45, 7) is 5.46. The summed E-state index contributed by atoms with van der Waals surface area (Å²) in [5.41, 5.74) is -0.932. The number of carbonyl (C=O) groups excluding carboxylic acids is 1. The van der Waals surface area contributed by atoms with Crippen LogP contribution >= 0.6 is 0 Å². The maximum Gasteiger partial charge on any atom is 0.248 e. The summed E-state index contributed by atoms with van der Waals surface area (Å²) in [7, 11) is 3.21. The Morgan fingerprint density at radius 2 is 1.25 bits per heavy atom. The van der Waals surface area contributed by atoms with Gasteiger partial charge in [0.2, 0.25) is 5.91 Å². The van der Waals surface area contributed by atoms with Gasteiger partial charge in [-0.2, -0.15) is 0 Å². The Labute approximate surface area is 237 Å². The number of para-hydroxylation sites is 4. The third kappa shape index (κ3) is 10.2. The molecule has 0 unspecified atom stereocenters. The zero-order chi connectivity index (χ0) is 28.5. The Bertz CT molecular complexity index is 939. The van der Waals surface area contributed by atoms with E-state index in [1.165, 1.54) is 0 Å². The molecule has 3 rings (SSSR count). The lowest BCUT2D eigenvalue weighted by atomic mass is 9.99. The van der Waals surface area contributed by atoms with Gasteiger partial charge in [0, 0.05) is 27.3 Å². The molecule has 10 nitrogen and oxygen atoms in total. The zero-order valence-electron chi connectivity index (χ0n) is 23.9. The van der Waals surface area contributed by atoms with Gasteiger partial charge in [-0.1, -0.05) is 37.6 Å². The summed E-state index contributed by atoms with van der Waals surface area (Å²) in [6.07, 6.45) is 1.38. The van der Waals surface area contributed by atoms with Gasteiger partial charge < -0.3 is 42.8 Å². The lowest BCUT2D eigenvalue weighted by Crippen LogP contribution is -2.48. The Morgan fingerprint density at radius 1 is 0.775 bits per heavy atom. The minimum Gasteiger partial charge on any atom is -0.487 e. The Kier molecular flexibility index (Phi) is 13.9. The van der Waals surface area contributed by atoms with Crippen LogP contribution in [0.2, 0.25) is 0 Å². The molecule has 0 spiro atoms. The average molecular weight is 562 g/mol. The molecule has 1 amide bonds. The zero-order valence-corrected chi connectivity index (χ0v) is 23.9. The molecule has 2 aromatic carbocycles. The molecular formula is C30H43NO9. The Balaban J connectivity index is 1.85. The van der Waals surface area contributed by atoms with E-state index in [0.717, 1.165) is 6.42 Å². The molecule has 1 aliphatic rings. The number of ether oxygens (including phenoxy) is 8. The SMILES string of the molecule is CCCC1(OCC(=O)N(CCOC)CCOC)COc2ccccc2OCCOCCOc2ccccc2OC1. The van der Waals surface area contributed by atoms with E-state index >= 15 is 0 Å². The minimum atomic E-state index is -0.932. The van der Waals surface area contributed by atoms with Gasteiger partial charge in [0.25, 0.3) is 0 Å². The molecule has 0 radical (unpaired) electrons. The van der Waals surface area contributed by atoms with Gasteiger partial charge >= 0.3 is 0 Å². The molecule has 0 bridgehead atoms. The summed E-state index contributed by atoms with van der Waals surface area (Å²) in [6, 6.07) is 14.9. The highest BCUT2D eigenvalue weighted by Crippen LogP contribution is 2.32. The fourth-order valence-corrected chi connectivity index (χ4v) is 4.19. The van der Waals surface area contributed by atoms with E-state index in [-0.39, 0.29) is 25.7 Å². The van der Waals surface area contributed by atoms with Crippen LogP contribution in [0.3, 0.4) is 0 Å². The first-order valence-corrected chi connectivity index (χ1v) is 13.8. The van der Waals surface area contributed by atoms with Crippen molar-refractivity contribution in [3.8, 4) is 23.0 Å². The molecule has 0 saturated heterocycles. The highest BCUT2D eigenvalue weighted by atomic mass is 16.6. The van der Waals surface area contributed by atoms with Crippen LogP contribution in [0.5, 0.6) is 23.0 Å². The van der Waals surface area contributed by atoms with E-state index in [2.05, 4.69) is 6.92 Å². The van der Waals surface area contributed by atoms with Crippen LogP contribution in [0.15, 0.2) is 48.5 Å². The molecule has 0 atom stereocenters. The number of amides is 1. The molecule has 2 aromatic rings. The third-order valence-corrected chi connectivity index (χ3v) is 6.34. The quantitative estimate of drug-likeness (QED) is 0.408. The van der Waals surface area contributed by atoms with Gasteiger partial charge in [-0.25, -0.2) is 0 Å². The fourth-order valence-electron chi connectivity index (χ4n) is 4.19. The molecule has 0 aliphatic carbocycles. The first kappa shape index (κ1) is 31.5. The lowest BCUT2D eigenvalue weighted by molar-refractivity contribution is -0.152. The van der Waals surface area contributed by atoms with Crippen LogP contribution in [-0.2, 0) is 23.7 Å². The van der Waals surface area contributed by atoms with Crippen LogP contribution in [0.1, 0.15) is 19.8 Å². The first-order valence-electron chi connectivity index (χ1n) is 13.8. The van der Waals surface area contributed by atoms with Crippen molar-refractivity contribution in [1.29, 1.82) is 0 Å². The predicted molar refractivity (Wildman–Crippen MR) is 150 cm³/mol. The molecule has 1 heterocycles. The van der Waals surface area contributed by atoms with Crippen molar-refractivity contribution in [3.05, 3.63) is 48.5 Å². The summed E-state index contributed by atoms with van der Waals surface area (Å²) in [5.74, 6) is 2.20. The largest absolute Gasteiger partial charge is 0.487 e. The van der Waals surface area contributed by atoms with Crippen LogP contribution in [0.25, 0.3) is 0 Å². The van der Waals surface area contributed by atoms with Crippen molar-refractivity contribution in [2.45, 2.75) is 25.4 Å². The van der Waals surface area contributed by atoms with Crippen LogP contribution in [-0.4, -0.2) is 103 Å². The van der Waals surface area contributed by atoms with Crippen molar-refractivity contribution < 1.29 is 42.7 Å². The van der Waals surface area contributed by atoms with E-state index in [0.29, 0.717) is 82.1 Å². The molecule has 1 aliphatic heterocycles. The van der Waals surface area contributed by atoms with Crippen molar-refractivity contribution >= 4 is 5.91 Å². The van der Waals surface area contributed by atoms with E-state index in [1.54, 1.807) is 19.1 Å². The first-order chi connectivity index (χ1) is 19.6. The number of nitrogens with zero attached hydrogens (tertiary/aromatic N) is 1. The monoisotopic (exact) mass is 561 g/mol. The Hall–Kier alpha value is -3.05. The molecule has 0 fully saturated rings. The van der Waals surface area contributed by atoms with Crippen molar-refractivity contribution in [3.63, 3.8) is 0 Å². The third-order valence-electron chi connectivity index (χ3n) is 6.34. The molecule has 222 valence electrons. The van der Waals surface area contributed by atoms with Crippen LogP contribution < -0.4 is 18.9 Å². The van der Waals surface area contributed by atoms with Gasteiger partial charge in [-0.15, -0.1) is 0 Å². The number of hydrogen-bond donors (Lipinski definition) is 0. The summed E-state index contributed by atoms with van der Waals surface area (Å²) >= 11 is 0. The molecular weight excluding hydrogens is 518 g/mol. The van der Waals surface area contributed by atoms with Crippen LogP contribution in [0, 0.1) is 0 Å². The highest BCUT2D eigenvalue weighted by Gasteiger charge is 2.35. The number of hydrogen-bond acceptors (Lipinski definition) is 9. The van der Waals surface area contributed by atoms with Crippen LogP contribution in [0.4, 0.5) is 0 Å².